The van der Waals surface area contributed by atoms with E-state index in [9.17, 15) is 8.42 Å². The Morgan fingerprint density at radius 3 is 2.95 bits per heavy atom. The quantitative estimate of drug-likeness (QED) is 0.550. The zero-order valence-electron chi connectivity index (χ0n) is 11.4. The summed E-state index contributed by atoms with van der Waals surface area (Å²) >= 11 is 0. The number of ether oxygens (including phenoxy) is 1. The molecule has 1 rings (SSSR count). The lowest BCUT2D eigenvalue weighted by Gasteiger charge is -2.06. The number of nitrogens with one attached hydrogen (secondary N) is 1. The van der Waals surface area contributed by atoms with Crippen LogP contribution in [0.1, 0.15) is 18.9 Å². The van der Waals surface area contributed by atoms with E-state index in [1.54, 1.807) is 0 Å². The van der Waals surface area contributed by atoms with E-state index >= 15 is 0 Å². The summed E-state index contributed by atoms with van der Waals surface area (Å²) in [5.74, 6) is 5.41. The summed E-state index contributed by atoms with van der Waals surface area (Å²) in [7, 11) is -3.56. The van der Waals surface area contributed by atoms with Gasteiger partial charge >= 0.3 is 0 Å². The van der Waals surface area contributed by atoms with Crippen molar-refractivity contribution in [3.05, 3.63) is 24.0 Å². The standard InChI is InChI=1S/C13H19N3O3S/c1-2-19-8-4-7-16-20(17,18)13-9-12(5-3-6-14)10-15-11-13/h9-11,16H,2,4,6-8,14H2,1H3. The second-order valence-electron chi connectivity index (χ2n) is 3.86. The van der Waals surface area contributed by atoms with Crippen molar-refractivity contribution in [2.45, 2.75) is 18.2 Å². The van der Waals surface area contributed by atoms with Gasteiger partial charge in [0.05, 0.1) is 6.54 Å². The zero-order chi connectivity index (χ0) is 14.8. The van der Waals surface area contributed by atoms with Gasteiger partial charge in [-0.3, -0.25) is 4.98 Å². The number of hydrogen-bond acceptors (Lipinski definition) is 5. The minimum absolute atomic E-state index is 0.0951. The summed E-state index contributed by atoms with van der Waals surface area (Å²) in [6.07, 6.45) is 3.41. The van der Waals surface area contributed by atoms with Gasteiger partial charge < -0.3 is 10.5 Å². The van der Waals surface area contributed by atoms with Crippen LogP contribution in [-0.2, 0) is 14.8 Å². The lowest BCUT2D eigenvalue weighted by molar-refractivity contribution is 0.146. The smallest absolute Gasteiger partial charge is 0.242 e. The SMILES string of the molecule is CCOCCCNS(=O)(=O)c1cncc(C#CCN)c1. The number of hydrogen-bond donors (Lipinski definition) is 2. The second kappa shape index (κ2) is 8.66. The van der Waals surface area contributed by atoms with Gasteiger partial charge in [0.1, 0.15) is 4.90 Å². The van der Waals surface area contributed by atoms with Gasteiger partial charge in [0, 0.05) is 37.7 Å². The van der Waals surface area contributed by atoms with Gasteiger partial charge in [0.25, 0.3) is 0 Å². The number of aromatic nitrogens is 1. The van der Waals surface area contributed by atoms with Gasteiger partial charge in [-0.25, -0.2) is 13.1 Å². The highest BCUT2D eigenvalue weighted by atomic mass is 32.2. The predicted octanol–water partition coefficient (Wildman–Crippen LogP) is 0.0967. The van der Waals surface area contributed by atoms with Crippen molar-refractivity contribution in [1.29, 1.82) is 0 Å². The molecule has 0 radical (unpaired) electrons. The Hall–Kier alpha value is -1.46. The largest absolute Gasteiger partial charge is 0.382 e. The van der Waals surface area contributed by atoms with Crippen LogP contribution in [0.15, 0.2) is 23.4 Å². The fourth-order valence-electron chi connectivity index (χ4n) is 1.40. The monoisotopic (exact) mass is 297 g/mol. The molecule has 1 aromatic rings. The fraction of sp³-hybridized carbons (Fsp3) is 0.462. The molecule has 0 aliphatic carbocycles. The van der Waals surface area contributed by atoms with E-state index in [-0.39, 0.29) is 11.4 Å². The third-order valence-electron chi connectivity index (χ3n) is 2.32. The molecule has 0 aliphatic heterocycles. The van der Waals surface area contributed by atoms with Crippen molar-refractivity contribution in [1.82, 2.24) is 9.71 Å². The Morgan fingerprint density at radius 1 is 1.45 bits per heavy atom. The van der Waals surface area contributed by atoms with Gasteiger partial charge in [-0.1, -0.05) is 11.8 Å². The molecular formula is C13H19N3O3S. The Morgan fingerprint density at radius 2 is 2.25 bits per heavy atom. The minimum atomic E-state index is -3.56. The number of nitrogens with two attached hydrogens (primary N) is 1. The summed E-state index contributed by atoms with van der Waals surface area (Å²) in [6.45, 7) is 3.58. The van der Waals surface area contributed by atoms with Crippen molar-refractivity contribution >= 4 is 10.0 Å². The number of nitrogens with zero attached hydrogens (tertiary/aromatic N) is 1. The minimum Gasteiger partial charge on any atom is -0.382 e. The van der Waals surface area contributed by atoms with Crippen molar-refractivity contribution in [2.24, 2.45) is 5.73 Å². The molecule has 0 fully saturated rings. The van der Waals surface area contributed by atoms with Crippen LogP contribution >= 0.6 is 0 Å². The lowest BCUT2D eigenvalue weighted by atomic mass is 10.3. The highest BCUT2D eigenvalue weighted by Crippen LogP contribution is 2.08. The number of rotatable bonds is 7. The lowest BCUT2D eigenvalue weighted by Crippen LogP contribution is -2.25. The van der Waals surface area contributed by atoms with Crippen LogP contribution in [0.4, 0.5) is 0 Å². The van der Waals surface area contributed by atoms with Crippen LogP contribution in [0.2, 0.25) is 0 Å². The first-order chi connectivity index (χ1) is 9.60. The molecule has 0 aliphatic rings. The Balaban J connectivity index is 2.67. The van der Waals surface area contributed by atoms with Crippen molar-refractivity contribution in [3.8, 4) is 11.8 Å². The van der Waals surface area contributed by atoms with E-state index in [2.05, 4.69) is 21.5 Å². The fourth-order valence-corrected chi connectivity index (χ4v) is 2.46. The molecule has 0 saturated heterocycles. The average Bonchev–Trinajstić information content (AvgIpc) is 2.45. The maximum absolute atomic E-state index is 12.0. The topological polar surface area (TPSA) is 94.3 Å². The van der Waals surface area contributed by atoms with Gasteiger partial charge in [0.15, 0.2) is 0 Å². The number of pyridine rings is 1. The van der Waals surface area contributed by atoms with Gasteiger partial charge in [-0.2, -0.15) is 0 Å². The Bertz CT molecular complexity index is 576. The maximum atomic E-state index is 12.0. The molecule has 1 heterocycles. The van der Waals surface area contributed by atoms with Crippen molar-refractivity contribution in [3.63, 3.8) is 0 Å². The highest BCUT2D eigenvalue weighted by Gasteiger charge is 2.13. The number of sulfonamides is 1. The molecule has 0 bridgehead atoms. The van der Waals surface area contributed by atoms with Crippen LogP contribution < -0.4 is 10.5 Å². The van der Waals surface area contributed by atoms with E-state index in [1.807, 2.05) is 6.92 Å². The molecule has 0 aromatic carbocycles. The van der Waals surface area contributed by atoms with E-state index in [0.717, 1.165) is 0 Å². The Labute approximate surface area is 119 Å². The van der Waals surface area contributed by atoms with Gasteiger partial charge in [0.2, 0.25) is 10.0 Å². The summed E-state index contributed by atoms with van der Waals surface area (Å²) in [5.41, 5.74) is 5.79. The first kappa shape index (κ1) is 16.6. The molecule has 110 valence electrons. The second-order valence-corrected chi connectivity index (χ2v) is 5.63. The molecule has 0 saturated carbocycles. The third-order valence-corrected chi connectivity index (χ3v) is 3.75. The molecule has 6 nitrogen and oxygen atoms in total. The average molecular weight is 297 g/mol. The highest BCUT2D eigenvalue weighted by molar-refractivity contribution is 7.89. The van der Waals surface area contributed by atoms with Crippen LogP contribution in [0.3, 0.4) is 0 Å². The zero-order valence-corrected chi connectivity index (χ0v) is 12.2. The summed E-state index contributed by atoms with van der Waals surface area (Å²) in [5, 5.41) is 0. The maximum Gasteiger partial charge on any atom is 0.242 e. The summed E-state index contributed by atoms with van der Waals surface area (Å²) in [6, 6.07) is 1.47. The molecule has 20 heavy (non-hydrogen) atoms. The molecule has 1 aromatic heterocycles. The summed E-state index contributed by atoms with van der Waals surface area (Å²) in [4.78, 5) is 3.97. The van der Waals surface area contributed by atoms with Crippen LogP contribution in [0.25, 0.3) is 0 Å². The van der Waals surface area contributed by atoms with Gasteiger partial charge in [-0.05, 0) is 19.4 Å². The third kappa shape index (κ3) is 5.67. The first-order valence-electron chi connectivity index (χ1n) is 6.31. The van der Waals surface area contributed by atoms with Crippen LogP contribution in [0, 0.1) is 11.8 Å². The molecule has 0 atom stereocenters. The van der Waals surface area contributed by atoms with E-state index in [1.165, 1.54) is 18.5 Å². The first-order valence-corrected chi connectivity index (χ1v) is 7.80. The van der Waals surface area contributed by atoms with Crippen molar-refractivity contribution in [2.75, 3.05) is 26.3 Å². The molecule has 0 spiro atoms. The van der Waals surface area contributed by atoms with Crippen LogP contribution in [-0.4, -0.2) is 39.7 Å². The van der Waals surface area contributed by atoms with Crippen LogP contribution in [0.5, 0.6) is 0 Å². The molecule has 0 amide bonds. The predicted molar refractivity (Wildman–Crippen MR) is 76.5 cm³/mol. The molecule has 3 N–H and O–H groups in total. The molecule has 0 unspecified atom stereocenters. The summed E-state index contributed by atoms with van der Waals surface area (Å²) < 4.78 is 31.7. The molecule has 7 heteroatoms. The van der Waals surface area contributed by atoms with E-state index in [0.29, 0.717) is 31.7 Å². The van der Waals surface area contributed by atoms with E-state index < -0.39 is 10.0 Å². The van der Waals surface area contributed by atoms with Crippen molar-refractivity contribution < 1.29 is 13.2 Å². The Kier molecular flexibility index (Phi) is 7.18. The normalized spacial score (nSPS) is 10.9. The molecular weight excluding hydrogens is 278 g/mol. The van der Waals surface area contributed by atoms with E-state index in [4.69, 9.17) is 10.5 Å². The van der Waals surface area contributed by atoms with Gasteiger partial charge in [-0.15, -0.1) is 0 Å².